The number of benzene rings is 1. The molecule has 2 aromatic rings. The molecule has 1 fully saturated rings. The third-order valence-corrected chi connectivity index (χ3v) is 4.17. The monoisotopic (exact) mass is 286 g/mol. The summed E-state index contributed by atoms with van der Waals surface area (Å²) in [5.74, 6) is 1.29. The number of carboxylic acid groups (broad SMARTS) is 1. The molecule has 0 radical (unpaired) electrons. The molecule has 0 amide bonds. The molecule has 112 valence electrons. The fourth-order valence-corrected chi connectivity index (χ4v) is 3.19. The first-order chi connectivity index (χ1) is 9.99. The minimum absolute atomic E-state index is 0.310. The number of carbonyl (C=O) groups is 1. The van der Waals surface area contributed by atoms with E-state index in [0.717, 1.165) is 17.8 Å². The Morgan fingerprint density at radius 1 is 1.38 bits per heavy atom. The molecule has 0 bridgehead atoms. The Bertz CT molecular complexity index is 683. The van der Waals surface area contributed by atoms with Crippen LogP contribution in [0.3, 0.4) is 0 Å². The molecule has 4 heteroatoms. The molecule has 4 nitrogen and oxygen atoms in total. The highest BCUT2D eigenvalue weighted by Gasteiger charge is 2.32. The van der Waals surface area contributed by atoms with E-state index in [1.807, 2.05) is 12.1 Å². The van der Waals surface area contributed by atoms with E-state index in [1.165, 1.54) is 12.8 Å². The van der Waals surface area contributed by atoms with Gasteiger partial charge >= 0.3 is 5.97 Å². The third-order valence-electron chi connectivity index (χ3n) is 4.17. The van der Waals surface area contributed by atoms with E-state index >= 15 is 0 Å². The molecule has 1 heterocycles. The second kappa shape index (κ2) is 5.17. The molecule has 1 aromatic carbocycles. The quantitative estimate of drug-likeness (QED) is 0.895. The Morgan fingerprint density at radius 2 is 2.10 bits per heavy atom. The van der Waals surface area contributed by atoms with E-state index in [-0.39, 0.29) is 0 Å². The highest BCUT2D eigenvalue weighted by atomic mass is 16.4. The molecule has 1 atom stereocenters. The van der Waals surface area contributed by atoms with Crippen LogP contribution in [0.15, 0.2) is 18.2 Å². The summed E-state index contributed by atoms with van der Waals surface area (Å²) < 4.78 is 2.28. The van der Waals surface area contributed by atoms with Gasteiger partial charge in [0, 0.05) is 12.0 Å². The number of hydrogen-bond acceptors (Lipinski definition) is 2. The Morgan fingerprint density at radius 3 is 2.67 bits per heavy atom. The largest absolute Gasteiger partial charge is 0.478 e. The van der Waals surface area contributed by atoms with E-state index in [1.54, 1.807) is 6.07 Å². The maximum absolute atomic E-state index is 11.4. The van der Waals surface area contributed by atoms with Gasteiger partial charge in [0.2, 0.25) is 0 Å². The van der Waals surface area contributed by atoms with Crippen molar-refractivity contribution in [2.75, 3.05) is 0 Å². The molecular weight excluding hydrogens is 264 g/mol. The number of imidazole rings is 1. The van der Waals surface area contributed by atoms with E-state index < -0.39 is 5.97 Å². The molecule has 1 unspecified atom stereocenters. The molecule has 1 N–H and O–H groups in total. The molecule has 0 saturated heterocycles. The fourth-order valence-electron chi connectivity index (χ4n) is 3.19. The molecule has 1 aromatic heterocycles. The summed E-state index contributed by atoms with van der Waals surface area (Å²) in [6.07, 6.45) is 3.41. The highest BCUT2D eigenvalue weighted by molar-refractivity contribution is 6.01. The van der Waals surface area contributed by atoms with Crippen LogP contribution in [-0.4, -0.2) is 20.6 Å². The van der Waals surface area contributed by atoms with Gasteiger partial charge in [-0.1, -0.05) is 19.9 Å². The van der Waals surface area contributed by atoms with Crippen LogP contribution in [0.25, 0.3) is 11.0 Å². The highest BCUT2D eigenvalue weighted by Crippen LogP contribution is 2.42. The van der Waals surface area contributed by atoms with Crippen LogP contribution in [-0.2, 0) is 0 Å². The van der Waals surface area contributed by atoms with Crippen LogP contribution < -0.4 is 0 Å². The SMILES string of the molecule is CC(C)CC(C)n1c(C2CC2)nc2c(C(=O)O)cccc21. The first-order valence-electron chi connectivity index (χ1n) is 7.73. The first-order valence-corrected chi connectivity index (χ1v) is 7.73. The van der Waals surface area contributed by atoms with Crippen LogP contribution in [0.2, 0.25) is 0 Å². The van der Waals surface area contributed by atoms with Gasteiger partial charge in [-0.25, -0.2) is 9.78 Å². The third kappa shape index (κ3) is 2.55. The average Bonchev–Trinajstić information content (AvgIpc) is 3.17. The van der Waals surface area contributed by atoms with Crippen molar-refractivity contribution in [2.24, 2.45) is 5.92 Å². The van der Waals surface area contributed by atoms with E-state index in [0.29, 0.717) is 29.0 Å². The van der Waals surface area contributed by atoms with Gasteiger partial charge in [0.25, 0.3) is 0 Å². The van der Waals surface area contributed by atoms with Gasteiger partial charge in [-0.15, -0.1) is 0 Å². The molecule has 1 aliphatic carbocycles. The Labute approximate surface area is 124 Å². The topological polar surface area (TPSA) is 55.1 Å². The maximum Gasteiger partial charge on any atom is 0.337 e. The van der Waals surface area contributed by atoms with Crippen LogP contribution >= 0.6 is 0 Å². The number of aromatic nitrogens is 2. The summed E-state index contributed by atoms with van der Waals surface area (Å²) in [4.78, 5) is 16.1. The standard InChI is InChI=1S/C17H22N2O2/c1-10(2)9-11(3)19-14-6-4-5-13(17(20)21)15(14)18-16(19)12-7-8-12/h4-6,10-12H,7-9H2,1-3H3,(H,20,21). The summed E-state index contributed by atoms with van der Waals surface area (Å²) in [7, 11) is 0. The molecule has 3 rings (SSSR count). The van der Waals surface area contributed by atoms with Crippen LogP contribution in [0.1, 0.15) is 68.2 Å². The zero-order chi connectivity index (χ0) is 15.1. The minimum Gasteiger partial charge on any atom is -0.478 e. The van der Waals surface area contributed by atoms with E-state index in [4.69, 9.17) is 4.98 Å². The van der Waals surface area contributed by atoms with Gasteiger partial charge < -0.3 is 9.67 Å². The van der Waals surface area contributed by atoms with Crippen molar-refractivity contribution in [3.63, 3.8) is 0 Å². The van der Waals surface area contributed by atoms with Crippen molar-refractivity contribution < 1.29 is 9.90 Å². The zero-order valence-corrected chi connectivity index (χ0v) is 12.8. The second-order valence-corrected chi connectivity index (χ2v) is 6.57. The minimum atomic E-state index is -0.899. The van der Waals surface area contributed by atoms with Crippen molar-refractivity contribution in [3.8, 4) is 0 Å². The predicted octanol–water partition coefficient (Wildman–Crippen LogP) is 4.22. The van der Waals surface area contributed by atoms with Gasteiger partial charge in [0.1, 0.15) is 11.3 Å². The van der Waals surface area contributed by atoms with Gasteiger partial charge in [0.15, 0.2) is 0 Å². The number of rotatable bonds is 5. The summed E-state index contributed by atoms with van der Waals surface area (Å²) >= 11 is 0. The van der Waals surface area contributed by atoms with Crippen molar-refractivity contribution in [1.82, 2.24) is 9.55 Å². The van der Waals surface area contributed by atoms with Crippen molar-refractivity contribution in [2.45, 2.75) is 52.0 Å². The smallest absolute Gasteiger partial charge is 0.337 e. The second-order valence-electron chi connectivity index (χ2n) is 6.57. The lowest BCUT2D eigenvalue weighted by molar-refractivity contribution is 0.0699. The van der Waals surface area contributed by atoms with E-state index in [9.17, 15) is 9.90 Å². The van der Waals surface area contributed by atoms with Crippen LogP contribution in [0.5, 0.6) is 0 Å². The van der Waals surface area contributed by atoms with Crippen molar-refractivity contribution in [3.05, 3.63) is 29.6 Å². The van der Waals surface area contributed by atoms with Gasteiger partial charge in [-0.3, -0.25) is 0 Å². The van der Waals surface area contributed by atoms with Crippen LogP contribution in [0.4, 0.5) is 0 Å². The fraction of sp³-hybridized carbons (Fsp3) is 0.529. The number of aromatic carboxylic acids is 1. The lowest BCUT2D eigenvalue weighted by atomic mass is 10.0. The lowest BCUT2D eigenvalue weighted by Crippen LogP contribution is -2.11. The summed E-state index contributed by atoms with van der Waals surface area (Å²) in [5, 5.41) is 9.37. The Balaban J connectivity index is 2.18. The Hall–Kier alpha value is -1.84. The molecule has 1 aliphatic rings. The molecule has 0 spiro atoms. The number of nitrogens with zero attached hydrogens (tertiary/aromatic N) is 2. The predicted molar refractivity (Wildman–Crippen MR) is 82.8 cm³/mol. The summed E-state index contributed by atoms with van der Waals surface area (Å²) in [6.45, 7) is 6.64. The number of para-hydroxylation sites is 1. The average molecular weight is 286 g/mol. The van der Waals surface area contributed by atoms with Crippen LogP contribution in [0, 0.1) is 5.92 Å². The Kier molecular flexibility index (Phi) is 3.47. The summed E-state index contributed by atoms with van der Waals surface area (Å²) in [6, 6.07) is 5.81. The normalized spacial score (nSPS) is 16.6. The lowest BCUT2D eigenvalue weighted by Gasteiger charge is -2.19. The zero-order valence-electron chi connectivity index (χ0n) is 12.8. The number of carboxylic acids is 1. The van der Waals surface area contributed by atoms with Gasteiger partial charge in [-0.05, 0) is 44.2 Å². The van der Waals surface area contributed by atoms with Gasteiger partial charge in [-0.2, -0.15) is 0 Å². The molecule has 1 saturated carbocycles. The first kappa shape index (κ1) is 14.1. The summed E-state index contributed by atoms with van der Waals surface area (Å²) in [5.41, 5.74) is 1.91. The number of fused-ring (bicyclic) bond motifs is 1. The van der Waals surface area contributed by atoms with Crippen molar-refractivity contribution >= 4 is 17.0 Å². The molecular formula is C17H22N2O2. The number of hydrogen-bond donors (Lipinski definition) is 1. The molecule has 21 heavy (non-hydrogen) atoms. The maximum atomic E-state index is 11.4. The van der Waals surface area contributed by atoms with Gasteiger partial charge in [0.05, 0.1) is 11.1 Å². The van der Waals surface area contributed by atoms with Crippen molar-refractivity contribution in [1.29, 1.82) is 0 Å². The molecule has 0 aliphatic heterocycles. The van der Waals surface area contributed by atoms with E-state index in [2.05, 4.69) is 25.3 Å².